The first kappa shape index (κ1) is 16.6. The topological polar surface area (TPSA) is 25.2 Å². The van der Waals surface area contributed by atoms with Crippen LogP contribution < -0.4 is 0 Å². The fourth-order valence-corrected chi connectivity index (χ4v) is 5.03. The molecule has 3 heterocycles. The molecule has 2 aromatic heterocycles. The lowest BCUT2D eigenvalue weighted by Crippen LogP contribution is -2.37. The number of benzene rings is 1. The molecule has 0 unspecified atom stereocenters. The van der Waals surface area contributed by atoms with E-state index in [1.54, 1.807) is 11.3 Å². The number of aromatic nitrogens is 1. The fraction of sp³-hybridized carbons (Fsp3) is 0.250. The second kappa shape index (κ2) is 6.46. The first-order chi connectivity index (χ1) is 12.0. The van der Waals surface area contributed by atoms with E-state index in [1.807, 2.05) is 24.0 Å². The summed E-state index contributed by atoms with van der Waals surface area (Å²) in [5.74, 6) is 0.107. The molecule has 0 fully saturated rings. The smallest absolute Gasteiger partial charge is 0.270 e. The fourth-order valence-electron chi connectivity index (χ4n) is 3.46. The van der Waals surface area contributed by atoms with Gasteiger partial charge in [-0.05, 0) is 52.5 Å². The minimum Gasteiger partial charge on any atom is -0.333 e. The molecule has 0 saturated heterocycles. The van der Waals surface area contributed by atoms with E-state index in [1.165, 1.54) is 11.1 Å². The molecule has 0 radical (unpaired) electrons. The number of thiophene rings is 1. The summed E-state index contributed by atoms with van der Waals surface area (Å²) in [6.07, 6.45) is 0.920. The first-order valence-electron chi connectivity index (χ1n) is 8.32. The summed E-state index contributed by atoms with van der Waals surface area (Å²) in [6, 6.07) is 12.5. The van der Waals surface area contributed by atoms with Crippen molar-refractivity contribution in [3.05, 3.63) is 69.2 Å². The Morgan fingerprint density at radius 1 is 1.28 bits per heavy atom. The molecule has 1 aromatic carbocycles. The largest absolute Gasteiger partial charge is 0.333 e. The van der Waals surface area contributed by atoms with Crippen molar-refractivity contribution in [1.82, 2.24) is 9.47 Å². The zero-order chi connectivity index (χ0) is 17.6. The molecule has 1 aliphatic rings. The molecule has 0 saturated carbocycles. The quantitative estimate of drug-likeness (QED) is 0.537. The second-order valence-electron chi connectivity index (χ2n) is 6.62. The van der Waals surface area contributed by atoms with Crippen LogP contribution in [0.25, 0.3) is 10.2 Å². The third-order valence-electron chi connectivity index (χ3n) is 4.62. The lowest BCUT2D eigenvalue weighted by atomic mass is 10.00. The van der Waals surface area contributed by atoms with Crippen molar-refractivity contribution in [3.63, 3.8) is 0 Å². The Kier molecular flexibility index (Phi) is 4.29. The van der Waals surface area contributed by atoms with Gasteiger partial charge >= 0.3 is 0 Å². The van der Waals surface area contributed by atoms with Crippen molar-refractivity contribution in [2.45, 2.75) is 26.4 Å². The highest BCUT2D eigenvalue weighted by Gasteiger charge is 2.25. The predicted octanol–water partition coefficient (Wildman–Crippen LogP) is 5.24. The standard InChI is InChI=1S/C20H19BrN2OS/c1-13(2)11-23-16-10-19(21)25-18(16)9-17(23)20(24)22-8-7-14-5-3-4-6-15(14)12-22/h3-6,9-10H,1,7-8,11-12H2,2H3. The minimum atomic E-state index is 0.107. The van der Waals surface area contributed by atoms with Crippen molar-refractivity contribution >= 4 is 43.4 Å². The Labute approximate surface area is 159 Å². The second-order valence-corrected chi connectivity index (χ2v) is 9.08. The van der Waals surface area contributed by atoms with Gasteiger partial charge in [0.05, 0.1) is 14.0 Å². The van der Waals surface area contributed by atoms with Gasteiger partial charge < -0.3 is 9.47 Å². The lowest BCUT2D eigenvalue weighted by Gasteiger charge is -2.29. The van der Waals surface area contributed by atoms with Gasteiger partial charge in [-0.3, -0.25) is 4.79 Å². The van der Waals surface area contributed by atoms with E-state index in [4.69, 9.17) is 0 Å². The van der Waals surface area contributed by atoms with Gasteiger partial charge in [0.15, 0.2) is 0 Å². The molecule has 25 heavy (non-hydrogen) atoms. The molecule has 0 spiro atoms. The maximum atomic E-state index is 13.2. The van der Waals surface area contributed by atoms with Crippen molar-refractivity contribution < 1.29 is 4.79 Å². The van der Waals surface area contributed by atoms with Crippen LogP contribution in [-0.2, 0) is 19.5 Å². The summed E-state index contributed by atoms with van der Waals surface area (Å²) < 4.78 is 4.31. The van der Waals surface area contributed by atoms with E-state index < -0.39 is 0 Å². The summed E-state index contributed by atoms with van der Waals surface area (Å²) in [5, 5.41) is 0. The van der Waals surface area contributed by atoms with Crippen LogP contribution in [0.3, 0.4) is 0 Å². The summed E-state index contributed by atoms with van der Waals surface area (Å²) >= 11 is 5.21. The van der Waals surface area contributed by atoms with Gasteiger partial charge in [-0.1, -0.05) is 36.4 Å². The molecule has 3 nitrogen and oxygen atoms in total. The molecule has 5 heteroatoms. The van der Waals surface area contributed by atoms with Gasteiger partial charge in [-0.2, -0.15) is 0 Å². The van der Waals surface area contributed by atoms with Gasteiger partial charge in [0.2, 0.25) is 0 Å². The number of carbonyl (C=O) groups excluding carboxylic acids is 1. The number of carbonyl (C=O) groups is 1. The highest BCUT2D eigenvalue weighted by atomic mass is 79.9. The number of rotatable bonds is 3. The highest BCUT2D eigenvalue weighted by Crippen LogP contribution is 2.33. The lowest BCUT2D eigenvalue weighted by molar-refractivity contribution is 0.0724. The van der Waals surface area contributed by atoms with Gasteiger partial charge in [-0.25, -0.2) is 0 Å². The number of fused-ring (bicyclic) bond motifs is 2. The summed E-state index contributed by atoms with van der Waals surface area (Å²) in [6.45, 7) is 8.15. The SMILES string of the molecule is C=C(C)Cn1c(C(=O)N2CCc3ccccc3C2)cc2sc(Br)cc21. The third kappa shape index (κ3) is 3.07. The Hall–Kier alpha value is -1.85. The van der Waals surface area contributed by atoms with Gasteiger partial charge in [0.1, 0.15) is 5.69 Å². The maximum absolute atomic E-state index is 13.2. The molecule has 128 valence electrons. The van der Waals surface area contributed by atoms with Crippen LogP contribution >= 0.6 is 27.3 Å². The number of allylic oxidation sites excluding steroid dienone is 1. The molecule has 0 aliphatic carbocycles. The molecular weight excluding hydrogens is 396 g/mol. The van der Waals surface area contributed by atoms with Crippen molar-refractivity contribution in [3.8, 4) is 0 Å². The van der Waals surface area contributed by atoms with Crippen LogP contribution in [0.1, 0.15) is 28.5 Å². The van der Waals surface area contributed by atoms with E-state index in [9.17, 15) is 4.79 Å². The molecule has 0 N–H and O–H groups in total. The number of amides is 1. The average Bonchev–Trinajstić information content (AvgIpc) is 3.10. The number of halogens is 1. The Morgan fingerprint density at radius 2 is 2.04 bits per heavy atom. The summed E-state index contributed by atoms with van der Waals surface area (Å²) in [5.41, 5.74) is 5.51. The van der Waals surface area contributed by atoms with Crippen LogP contribution in [0.4, 0.5) is 0 Å². The minimum absolute atomic E-state index is 0.107. The monoisotopic (exact) mass is 414 g/mol. The molecule has 4 rings (SSSR count). The van der Waals surface area contributed by atoms with Crippen molar-refractivity contribution in [2.24, 2.45) is 0 Å². The third-order valence-corrected chi connectivity index (χ3v) is 6.20. The number of nitrogens with zero attached hydrogens (tertiary/aromatic N) is 2. The Bertz CT molecular complexity index is 985. The predicted molar refractivity (Wildman–Crippen MR) is 107 cm³/mol. The van der Waals surface area contributed by atoms with Crippen LogP contribution in [-0.4, -0.2) is 21.9 Å². The zero-order valence-corrected chi connectivity index (χ0v) is 16.5. The molecule has 1 aliphatic heterocycles. The summed E-state index contributed by atoms with van der Waals surface area (Å²) in [7, 11) is 0. The van der Waals surface area contributed by atoms with Gasteiger partial charge in [-0.15, -0.1) is 11.3 Å². The van der Waals surface area contributed by atoms with E-state index in [-0.39, 0.29) is 5.91 Å². The van der Waals surface area contributed by atoms with Crippen LogP contribution in [0.15, 0.2) is 52.3 Å². The average molecular weight is 415 g/mol. The van der Waals surface area contributed by atoms with Gasteiger partial charge in [0.25, 0.3) is 5.91 Å². The van der Waals surface area contributed by atoms with Crippen LogP contribution in [0.5, 0.6) is 0 Å². The maximum Gasteiger partial charge on any atom is 0.270 e. The molecule has 0 atom stereocenters. The zero-order valence-electron chi connectivity index (χ0n) is 14.1. The van der Waals surface area contributed by atoms with Crippen molar-refractivity contribution in [2.75, 3.05) is 6.54 Å². The van der Waals surface area contributed by atoms with Crippen LogP contribution in [0.2, 0.25) is 0 Å². The van der Waals surface area contributed by atoms with E-state index >= 15 is 0 Å². The summed E-state index contributed by atoms with van der Waals surface area (Å²) in [4.78, 5) is 15.2. The van der Waals surface area contributed by atoms with E-state index in [2.05, 4.69) is 51.3 Å². The van der Waals surface area contributed by atoms with E-state index in [0.717, 1.165) is 38.2 Å². The highest BCUT2D eigenvalue weighted by molar-refractivity contribution is 9.11. The number of hydrogen-bond donors (Lipinski definition) is 0. The van der Waals surface area contributed by atoms with Crippen molar-refractivity contribution in [1.29, 1.82) is 0 Å². The Morgan fingerprint density at radius 3 is 2.80 bits per heavy atom. The number of hydrogen-bond acceptors (Lipinski definition) is 2. The molecule has 3 aromatic rings. The van der Waals surface area contributed by atoms with Crippen LogP contribution in [0, 0.1) is 0 Å². The molecule has 1 amide bonds. The first-order valence-corrected chi connectivity index (χ1v) is 9.93. The molecular formula is C20H19BrN2OS. The Balaban J connectivity index is 1.70. The van der Waals surface area contributed by atoms with E-state index in [0.29, 0.717) is 13.1 Å². The van der Waals surface area contributed by atoms with Gasteiger partial charge in [0, 0.05) is 19.6 Å². The normalized spacial score (nSPS) is 13.9. The molecule has 0 bridgehead atoms.